The minimum Gasteiger partial charge on any atom is -0.271 e. The lowest BCUT2D eigenvalue weighted by molar-refractivity contribution is 0.636. The van der Waals surface area contributed by atoms with E-state index in [9.17, 15) is 0 Å². The average Bonchev–Trinajstić information content (AvgIpc) is 2.69. The van der Waals surface area contributed by atoms with Gasteiger partial charge in [-0.3, -0.25) is 5.84 Å². The Morgan fingerprint density at radius 1 is 1.38 bits per heavy atom. The van der Waals surface area contributed by atoms with Gasteiger partial charge in [-0.2, -0.15) is 0 Å². The summed E-state index contributed by atoms with van der Waals surface area (Å²) in [4.78, 5) is 1.29. The number of nitrogens with two attached hydrogens (primary N) is 1. The number of thiophene rings is 1. The van der Waals surface area contributed by atoms with Crippen LogP contribution in [-0.4, -0.2) is 0 Å². The van der Waals surface area contributed by atoms with Crippen LogP contribution in [0.25, 0.3) is 0 Å². The van der Waals surface area contributed by atoms with Crippen molar-refractivity contribution in [2.75, 3.05) is 0 Å². The van der Waals surface area contributed by atoms with Gasteiger partial charge in [-0.25, -0.2) is 5.43 Å². The van der Waals surface area contributed by atoms with Crippen molar-refractivity contribution in [2.45, 2.75) is 13.0 Å². The lowest BCUT2D eigenvalue weighted by Crippen LogP contribution is -2.28. The van der Waals surface area contributed by atoms with Gasteiger partial charge in [-0.1, -0.05) is 34.1 Å². The van der Waals surface area contributed by atoms with Crippen LogP contribution in [0.2, 0.25) is 0 Å². The van der Waals surface area contributed by atoms with Gasteiger partial charge in [0.1, 0.15) is 0 Å². The predicted octanol–water partition coefficient (Wildman–Crippen LogP) is 3.37. The number of hydrazine groups is 1. The van der Waals surface area contributed by atoms with Crippen molar-refractivity contribution in [3.63, 3.8) is 0 Å². The van der Waals surface area contributed by atoms with Gasteiger partial charge in [0.25, 0.3) is 0 Å². The molecule has 2 rings (SSSR count). The highest BCUT2D eigenvalue weighted by molar-refractivity contribution is 9.10. The Kier molecular flexibility index (Phi) is 3.76. The molecular weight excluding hydrogens is 284 g/mol. The zero-order valence-corrected chi connectivity index (χ0v) is 11.3. The minimum atomic E-state index is 0.0422. The number of nitrogens with one attached hydrogen (secondary N) is 1. The molecule has 1 unspecified atom stereocenters. The zero-order valence-electron chi connectivity index (χ0n) is 8.91. The number of halogens is 1. The Labute approximate surface area is 108 Å². The molecule has 16 heavy (non-hydrogen) atoms. The maximum Gasteiger partial charge on any atom is 0.0729 e. The maximum atomic E-state index is 5.65. The molecule has 0 aliphatic carbocycles. The maximum absolute atomic E-state index is 5.65. The van der Waals surface area contributed by atoms with E-state index in [2.05, 4.69) is 45.8 Å². The summed E-state index contributed by atoms with van der Waals surface area (Å²) >= 11 is 5.29. The van der Waals surface area contributed by atoms with Crippen molar-refractivity contribution >= 4 is 27.3 Å². The Balaban J connectivity index is 2.40. The largest absolute Gasteiger partial charge is 0.271 e. The van der Waals surface area contributed by atoms with Crippen molar-refractivity contribution in [1.82, 2.24) is 5.43 Å². The molecule has 3 N–H and O–H groups in total. The number of hydrogen-bond donors (Lipinski definition) is 2. The van der Waals surface area contributed by atoms with Gasteiger partial charge < -0.3 is 0 Å². The van der Waals surface area contributed by atoms with E-state index in [1.165, 1.54) is 10.4 Å². The summed E-state index contributed by atoms with van der Waals surface area (Å²) in [6.45, 7) is 2.10. The molecule has 0 saturated carbocycles. The summed E-state index contributed by atoms with van der Waals surface area (Å²) in [7, 11) is 0. The summed E-state index contributed by atoms with van der Waals surface area (Å²) in [5.74, 6) is 5.65. The number of rotatable bonds is 3. The van der Waals surface area contributed by atoms with Gasteiger partial charge in [0.2, 0.25) is 0 Å². The van der Waals surface area contributed by atoms with E-state index >= 15 is 0 Å². The second kappa shape index (κ2) is 5.10. The SMILES string of the molecule is Cc1cc(C(NN)c2ccccc2Br)cs1. The first-order valence-electron chi connectivity index (χ1n) is 4.98. The molecule has 1 aromatic carbocycles. The fraction of sp³-hybridized carbons (Fsp3) is 0.167. The molecule has 4 heteroatoms. The Hall–Kier alpha value is -0.680. The molecule has 1 atom stereocenters. The third-order valence-electron chi connectivity index (χ3n) is 2.47. The molecule has 0 bridgehead atoms. The first-order valence-corrected chi connectivity index (χ1v) is 6.65. The number of hydrogen-bond acceptors (Lipinski definition) is 3. The van der Waals surface area contributed by atoms with Crippen LogP contribution in [0.3, 0.4) is 0 Å². The zero-order chi connectivity index (χ0) is 11.5. The van der Waals surface area contributed by atoms with E-state index in [1.807, 2.05) is 18.2 Å². The molecule has 0 radical (unpaired) electrons. The van der Waals surface area contributed by atoms with Crippen LogP contribution in [0.5, 0.6) is 0 Å². The lowest BCUT2D eigenvalue weighted by atomic mass is 10.0. The average molecular weight is 297 g/mol. The molecule has 84 valence electrons. The normalized spacial score (nSPS) is 12.7. The standard InChI is InChI=1S/C12H13BrN2S/c1-8-6-9(7-16-8)12(15-14)10-4-2-3-5-11(10)13/h2-7,12,15H,14H2,1H3. The van der Waals surface area contributed by atoms with Gasteiger partial charge in [0.05, 0.1) is 6.04 Å². The molecule has 1 aromatic heterocycles. The molecule has 2 aromatic rings. The highest BCUT2D eigenvalue weighted by atomic mass is 79.9. The molecule has 0 spiro atoms. The van der Waals surface area contributed by atoms with Crippen molar-refractivity contribution < 1.29 is 0 Å². The summed E-state index contributed by atoms with van der Waals surface area (Å²) in [5, 5.41) is 2.14. The molecular formula is C12H13BrN2S. The summed E-state index contributed by atoms with van der Waals surface area (Å²) in [5.41, 5.74) is 5.23. The molecule has 0 aliphatic rings. The molecule has 0 amide bonds. The molecule has 0 fully saturated rings. The van der Waals surface area contributed by atoms with Crippen LogP contribution in [-0.2, 0) is 0 Å². The summed E-state index contributed by atoms with van der Waals surface area (Å²) in [6, 6.07) is 10.3. The van der Waals surface area contributed by atoms with E-state index < -0.39 is 0 Å². The van der Waals surface area contributed by atoms with E-state index in [1.54, 1.807) is 11.3 Å². The molecule has 0 aliphatic heterocycles. The van der Waals surface area contributed by atoms with Gasteiger partial charge in [-0.05, 0) is 35.6 Å². The van der Waals surface area contributed by atoms with Crippen LogP contribution < -0.4 is 11.3 Å². The van der Waals surface area contributed by atoms with Crippen LogP contribution in [0, 0.1) is 6.92 Å². The van der Waals surface area contributed by atoms with Crippen molar-refractivity contribution in [3.05, 3.63) is 56.2 Å². The fourth-order valence-electron chi connectivity index (χ4n) is 1.69. The first-order chi connectivity index (χ1) is 7.72. The van der Waals surface area contributed by atoms with E-state index in [0.29, 0.717) is 0 Å². The second-order valence-electron chi connectivity index (χ2n) is 3.61. The Bertz CT molecular complexity index is 481. The summed E-state index contributed by atoms with van der Waals surface area (Å²) < 4.78 is 1.07. The Morgan fingerprint density at radius 3 is 2.69 bits per heavy atom. The fourth-order valence-corrected chi connectivity index (χ4v) is 2.93. The minimum absolute atomic E-state index is 0.0422. The van der Waals surface area contributed by atoms with Gasteiger partial charge in [0.15, 0.2) is 0 Å². The highest BCUT2D eigenvalue weighted by Crippen LogP contribution is 2.30. The number of benzene rings is 1. The van der Waals surface area contributed by atoms with Crippen molar-refractivity contribution in [3.8, 4) is 0 Å². The molecule has 2 nitrogen and oxygen atoms in total. The first kappa shape index (κ1) is 11.8. The van der Waals surface area contributed by atoms with Gasteiger partial charge in [-0.15, -0.1) is 11.3 Å². The van der Waals surface area contributed by atoms with Gasteiger partial charge in [0, 0.05) is 9.35 Å². The van der Waals surface area contributed by atoms with E-state index in [4.69, 9.17) is 5.84 Å². The van der Waals surface area contributed by atoms with E-state index in [0.717, 1.165) is 10.0 Å². The topological polar surface area (TPSA) is 38.0 Å². The van der Waals surface area contributed by atoms with Crippen LogP contribution in [0.15, 0.2) is 40.2 Å². The quantitative estimate of drug-likeness (QED) is 0.673. The van der Waals surface area contributed by atoms with E-state index in [-0.39, 0.29) is 6.04 Å². The monoisotopic (exact) mass is 296 g/mol. The van der Waals surface area contributed by atoms with Crippen LogP contribution >= 0.6 is 27.3 Å². The van der Waals surface area contributed by atoms with Crippen LogP contribution in [0.1, 0.15) is 22.0 Å². The smallest absolute Gasteiger partial charge is 0.0729 e. The predicted molar refractivity (Wildman–Crippen MR) is 72.4 cm³/mol. The Morgan fingerprint density at radius 2 is 2.12 bits per heavy atom. The third kappa shape index (κ3) is 2.35. The molecule has 0 saturated heterocycles. The number of aryl methyl sites for hydroxylation is 1. The highest BCUT2D eigenvalue weighted by Gasteiger charge is 2.15. The third-order valence-corrected chi connectivity index (χ3v) is 4.07. The van der Waals surface area contributed by atoms with Crippen molar-refractivity contribution in [2.24, 2.45) is 5.84 Å². The molecule has 1 heterocycles. The van der Waals surface area contributed by atoms with Crippen LogP contribution in [0.4, 0.5) is 0 Å². The summed E-state index contributed by atoms with van der Waals surface area (Å²) in [6.07, 6.45) is 0. The van der Waals surface area contributed by atoms with Crippen molar-refractivity contribution in [1.29, 1.82) is 0 Å². The lowest BCUT2D eigenvalue weighted by Gasteiger charge is -2.16. The van der Waals surface area contributed by atoms with Gasteiger partial charge >= 0.3 is 0 Å². The second-order valence-corrected chi connectivity index (χ2v) is 5.58.